The number of nitrogens with one attached hydrogen (secondary N) is 1. The standard InChI is InChI=1S/C25H24ClN3O3S/c1-33(31,32)29(16-18-6-2-4-8-23(18)26)19-12-10-17(11-13-19)21(14-25(27)30)22-15-28-24-9-5-3-7-20(22)24/h2-13,15,21,28H,14,16H2,1H3,(H2,27,30). The van der Waals surface area contributed by atoms with Crippen LogP contribution in [0.2, 0.25) is 5.02 Å². The number of nitrogens with two attached hydrogens (primary N) is 1. The number of primary amides is 1. The maximum absolute atomic E-state index is 12.6. The Labute approximate surface area is 198 Å². The summed E-state index contributed by atoms with van der Waals surface area (Å²) < 4.78 is 26.4. The summed E-state index contributed by atoms with van der Waals surface area (Å²) in [6.07, 6.45) is 3.20. The molecule has 0 aliphatic rings. The summed E-state index contributed by atoms with van der Waals surface area (Å²) in [5, 5.41) is 1.52. The fourth-order valence-corrected chi connectivity index (χ4v) is 5.12. The van der Waals surface area contributed by atoms with Gasteiger partial charge in [0.1, 0.15) is 0 Å². The number of nitrogens with zero attached hydrogens (tertiary/aromatic N) is 1. The largest absolute Gasteiger partial charge is 0.370 e. The highest BCUT2D eigenvalue weighted by molar-refractivity contribution is 7.92. The van der Waals surface area contributed by atoms with Crippen LogP contribution in [0.4, 0.5) is 5.69 Å². The Bertz CT molecular complexity index is 1400. The number of aromatic amines is 1. The van der Waals surface area contributed by atoms with Crippen LogP contribution in [-0.2, 0) is 21.4 Å². The lowest BCUT2D eigenvalue weighted by Gasteiger charge is -2.24. The van der Waals surface area contributed by atoms with Gasteiger partial charge in [-0.15, -0.1) is 0 Å². The number of fused-ring (bicyclic) bond motifs is 1. The van der Waals surface area contributed by atoms with E-state index in [0.29, 0.717) is 16.3 Å². The van der Waals surface area contributed by atoms with Gasteiger partial charge in [0.25, 0.3) is 0 Å². The molecule has 4 rings (SSSR count). The van der Waals surface area contributed by atoms with Gasteiger partial charge in [-0.3, -0.25) is 9.10 Å². The van der Waals surface area contributed by atoms with Crippen molar-refractivity contribution in [1.29, 1.82) is 0 Å². The molecule has 1 heterocycles. The van der Waals surface area contributed by atoms with Crippen LogP contribution in [0.3, 0.4) is 0 Å². The number of benzene rings is 3. The van der Waals surface area contributed by atoms with E-state index in [1.807, 2.05) is 48.7 Å². The summed E-state index contributed by atoms with van der Waals surface area (Å²) in [6, 6.07) is 22.2. The van der Waals surface area contributed by atoms with E-state index in [2.05, 4.69) is 4.98 Å². The molecule has 3 N–H and O–H groups in total. The molecular weight excluding hydrogens is 458 g/mol. The number of H-pyrrole nitrogens is 1. The van der Waals surface area contributed by atoms with E-state index in [4.69, 9.17) is 17.3 Å². The maximum atomic E-state index is 12.6. The molecule has 0 saturated carbocycles. The van der Waals surface area contributed by atoms with E-state index in [9.17, 15) is 13.2 Å². The second-order valence-electron chi connectivity index (χ2n) is 7.97. The van der Waals surface area contributed by atoms with E-state index < -0.39 is 15.9 Å². The number of aromatic nitrogens is 1. The summed E-state index contributed by atoms with van der Waals surface area (Å²) in [5.41, 5.74) is 9.59. The molecule has 0 fully saturated rings. The minimum atomic E-state index is -3.56. The fraction of sp³-hybridized carbons (Fsp3) is 0.160. The normalized spacial score (nSPS) is 12.5. The molecule has 1 atom stereocenters. The predicted octanol–water partition coefficient (Wildman–Crippen LogP) is 4.79. The van der Waals surface area contributed by atoms with Crippen molar-refractivity contribution in [3.63, 3.8) is 0 Å². The predicted molar refractivity (Wildman–Crippen MR) is 133 cm³/mol. The van der Waals surface area contributed by atoms with Crippen LogP contribution in [0, 0.1) is 0 Å². The number of para-hydroxylation sites is 1. The molecule has 6 nitrogen and oxygen atoms in total. The highest BCUT2D eigenvalue weighted by Gasteiger charge is 2.23. The number of hydrogen-bond acceptors (Lipinski definition) is 3. The zero-order chi connectivity index (χ0) is 23.6. The summed E-state index contributed by atoms with van der Waals surface area (Å²) in [4.78, 5) is 15.1. The van der Waals surface area contributed by atoms with Crippen molar-refractivity contribution in [3.05, 3.63) is 101 Å². The van der Waals surface area contributed by atoms with Crippen molar-refractivity contribution >= 4 is 44.1 Å². The van der Waals surface area contributed by atoms with Gasteiger partial charge in [0, 0.05) is 34.5 Å². The Balaban J connectivity index is 1.71. The van der Waals surface area contributed by atoms with Crippen molar-refractivity contribution in [3.8, 4) is 0 Å². The van der Waals surface area contributed by atoms with Gasteiger partial charge < -0.3 is 10.7 Å². The maximum Gasteiger partial charge on any atom is 0.232 e. The Morgan fingerprint density at radius 1 is 1.03 bits per heavy atom. The number of hydrogen-bond donors (Lipinski definition) is 2. The number of amides is 1. The average Bonchev–Trinajstić information content (AvgIpc) is 3.20. The Kier molecular flexibility index (Phi) is 6.44. The number of carbonyl (C=O) groups is 1. The first-order valence-electron chi connectivity index (χ1n) is 10.4. The molecule has 0 spiro atoms. The van der Waals surface area contributed by atoms with Crippen LogP contribution in [0.1, 0.15) is 29.0 Å². The summed E-state index contributed by atoms with van der Waals surface area (Å²) in [5.74, 6) is -0.672. The van der Waals surface area contributed by atoms with E-state index in [0.717, 1.165) is 22.0 Å². The third-order valence-electron chi connectivity index (χ3n) is 5.66. The van der Waals surface area contributed by atoms with Crippen molar-refractivity contribution in [2.45, 2.75) is 18.9 Å². The molecule has 33 heavy (non-hydrogen) atoms. The molecule has 0 radical (unpaired) electrons. The number of sulfonamides is 1. The number of rotatable bonds is 8. The second kappa shape index (κ2) is 9.29. The second-order valence-corrected chi connectivity index (χ2v) is 10.3. The van der Waals surface area contributed by atoms with Gasteiger partial charge in [-0.25, -0.2) is 8.42 Å². The summed E-state index contributed by atoms with van der Waals surface area (Å²) >= 11 is 6.26. The molecule has 0 aliphatic carbocycles. The van der Waals surface area contributed by atoms with E-state index in [1.165, 1.54) is 10.6 Å². The van der Waals surface area contributed by atoms with Gasteiger partial charge in [0.05, 0.1) is 18.5 Å². The quantitative estimate of drug-likeness (QED) is 0.378. The highest BCUT2D eigenvalue weighted by Crippen LogP contribution is 2.34. The molecule has 1 amide bonds. The van der Waals surface area contributed by atoms with Gasteiger partial charge in [0.2, 0.25) is 15.9 Å². The third kappa shape index (κ3) is 5.05. The van der Waals surface area contributed by atoms with Crippen molar-refractivity contribution < 1.29 is 13.2 Å². The van der Waals surface area contributed by atoms with Gasteiger partial charge in [-0.1, -0.05) is 60.1 Å². The van der Waals surface area contributed by atoms with Crippen LogP contribution in [0.25, 0.3) is 10.9 Å². The fourth-order valence-electron chi connectivity index (χ4n) is 4.05. The summed E-state index contributed by atoms with van der Waals surface area (Å²) in [6.45, 7) is 0.116. The number of carbonyl (C=O) groups excluding carboxylic acids is 1. The van der Waals surface area contributed by atoms with Gasteiger partial charge >= 0.3 is 0 Å². The zero-order valence-corrected chi connectivity index (χ0v) is 19.6. The molecule has 1 unspecified atom stereocenters. The monoisotopic (exact) mass is 481 g/mol. The van der Waals surface area contributed by atoms with Crippen molar-refractivity contribution in [2.75, 3.05) is 10.6 Å². The topological polar surface area (TPSA) is 96.3 Å². The molecule has 8 heteroatoms. The molecule has 3 aromatic carbocycles. The van der Waals surface area contributed by atoms with E-state index >= 15 is 0 Å². The van der Waals surface area contributed by atoms with Crippen molar-refractivity contribution in [2.24, 2.45) is 5.73 Å². The molecule has 4 aromatic rings. The van der Waals surface area contributed by atoms with Crippen LogP contribution < -0.4 is 10.0 Å². The lowest BCUT2D eigenvalue weighted by atomic mass is 9.88. The van der Waals surface area contributed by atoms with Gasteiger partial charge in [-0.2, -0.15) is 0 Å². The lowest BCUT2D eigenvalue weighted by Crippen LogP contribution is -2.29. The minimum Gasteiger partial charge on any atom is -0.370 e. The Morgan fingerprint density at radius 2 is 1.70 bits per heavy atom. The van der Waals surface area contributed by atoms with Crippen molar-refractivity contribution in [1.82, 2.24) is 4.98 Å². The Hall–Kier alpha value is -3.29. The van der Waals surface area contributed by atoms with Crippen LogP contribution in [0.5, 0.6) is 0 Å². The number of anilines is 1. The first-order chi connectivity index (χ1) is 15.7. The third-order valence-corrected chi connectivity index (χ3v) is 7.17. The molecule has 0 bridgehead atoms. The van der Waals surface area contributed by atoms with Gasteiger partial charge in [-0.05, 0) is 41.0 Å². The van der Waals surface area contributed by atoms with E-state index in [1.54, 1.807) is 30.3 Å². The van der Waals surface area contributed by atoms with Gasteiger partial charge in [0.15, 0.2) is 0 Å². The Morgan fingerprint density at radius 3 is 2.36 bits per heavy atom. The molecule has 1 aromatic heterocycles. The first-order valence-corrected chi connectivity index (χ1v) is 12.6. The lowest BCUT2D eigenvalue weighted by molar-refractivity contribution is -0.118. The average molecular weight is 482 g/mol. The van der Waals surface area contributed by atoms with Crippen LogP contribution >= 0.6 is 11.6 Å². The molecular formula is C25H24ClN3O3S. The molecule has 0 saturated heterocycles. The summed E-state index contributed by atoms with van der Waals surface area (Å²) in [7, 11) is -3.56. The highest BCUT2D eigenvalue weighted by atomic mass is 35.5. The van der Waals surface area contributed by atoms with Crippen LogP contribution in [-0.4, -0.2) is 25.6 Å². The zero-order valence-electron chi connectivity index (χ0n) is 18.0. The number of halogens is 1. The molecule has 170 valence electrons. The van der Waals surface area contributed by atoms with Crippen LogP contribution in [0.15, 0.2) is 79.0 Å². The molecule has 0 aliphatic heterocycles. The minimum absolute atomic E-state index is 0.116. The smallest absolute Gasteiger partial charge is 0.232 e. The first kappa shape index (κ1) is 22.9. The SMILES string of the molecule is CS(=O)(=O)N(Cc1ccccc1Cl)c1ccc(C(CC(N)=O)c2c[nH]c3ccccc23)cc1. The van der Waals surface area contributed by atoms with E-state index in [-0.39, 0.29) is 18.9 Å².